The number of halogens is 1. The summed E-state index contributed by atoms with van der Waals surface area (Å²) in [5.74, 6) is -0.0205. The standard InChI is InChI=1S/C13H17ClN2O/c1-9-7-10(14)4-5-12(9)13(17)16-8-11-3-2-6-15-11/h4-5,7,11,15H,2-3,6,8H2,1H3,(H,16,17). The Hall–Kier alpha value is -1.06. The van der Waals surface area contributed by atoms with Gasteiger partial charge in [-0.25, -0.2) is 0 Å². The first-order chi connectivity index (χ1) is 8.16. The summed E-state index contributed by atoms with van der Waals surface area (Å²) in [6, 6.07) is 5.75. The minimum absolute atomic E-state index is 0.0205. The van der Waals surface area contributed by atoms with Gasteiger partial charge in [-0.2, -0.15) is 0 Å². The predicted octanol–water partition coefficient (Wildman–Crippen LogP) is 2.13. The summed E-state index contributed by atoms with van der Waals surface area (Å²) in [4.78, 5) is 12.0. The zero-order valence-electron chi connectivity index (χ0n) is 9.92. The molecule has 0 spiro atoms. The lowest BCUT2D eigenvalue weighted by Crippen LogP contribution is -2.37. The van der Waals surface area contributed by atoms with Gasteiger partial charge >= 0.3 is 0 Å². The zero-order valence-corrected chi connectivity index (χ0v) is 10.7. The molecule has 1 amide bonds. The molecule has 1 saturated heterocycles. The van der Waals surface area contributed by atoms with E-state index < -0.39 is 0 Å². The van der Waals surface area contributed by atoms with Crippen molar-refractivity contribution in [3.05, 3.63) is 34.3 Å². The molecule has 0 saturated carbocycles. The number of hydrogen-bond donors (Lipinski definition) is 2. The van der Waals surface area contributed by atoms with Crippen LogP contribution in [0.15, 0.2) is 18.2 Å². The molecule has 1 atom stereocenters. The highest BCUT2D eigenvalue weighted by Gasteiger charge is 2.15. The second kappa shape index (κ2) is 5.52. The number of nitrogens with one attached hydrogen (secondary N) is 2. The maximum atomic E-state index is 12.0. The number of benzene rings is 1. The van der Waals surface area contributed by atoms with Crippen LogP contribution in [0.25, 0.3) is 0 Å². The van der Waals surface area contributed by atoms with E-state index in [1.807, 2.05) is 13.0 Å². The van der Waals surface area contributed by atoms with Gasteiger partial charge in [0.1, 0.15) is 0 Å². The van der Waals surface area contributed by atoms with Crippen molar-refractivity contribution in [2.75, 3.05) is 13.1 Å². The molecule has 4 heteroatoms. The van der Waals surface area contributed by atoms with Crippen molar-refractivity contribution in [3.63, 3.8) is 0 Å². The van der Waals surface area contributed by atoms with E-state index in [-0.39, 0.29) is 5.91 Å². The Morgan fingerprint density at radius 2 is 2.41 bits per heavy atom. The second-order valence-electron chi connectivity index (χ2n) is 4.46. The van der Waals surface area contributed by atoms with Gasteiger partial charge in [0.25, 0.3) is 5.91 Å². The van der Waals surface area contributed by atoms with Crippen LogP contribution in [0.2, 0.25) is 5.02 Å². The molecule has 17 heavy (non-hydrogen) atoms. The maximum Gasteiger partial charge on any atom is 0.251 e. The molecular formula is C13H17ClN2O. The fourth-order valence-corrected chi connectivity index (χ4v) is 2.35. The van der Waals surface area contributed by atoms with E-state index in [1.165, 1.54) is 6.42 Å². The molecule has 1 aliphatic rings. The third-order valence-corrected chi connectivity index (χ3v) is 3.34. The van der Waals surface area contributed by atoms with Gasteiger partial charge in [-0.1, -0.05) is 11.6 Å². The smallest absolute Gasteiger partial charge is 0.251 e. The number of hydrogen-bond acceptors (Lipinski definition) is 2. The summed E-state index contributed by atoms with van der Waals surface area (Å²) in [6.45, 7) is 3.65. The lowest BCUT2D eigenvalue weighted by molar-refractivity contribution is 0.0949. The van der Waals surface area contributed by atoms with Crippen molar-refractivity contribution in [2.24, 2.45) is 0 Å². The third kappa shape index (κ3) is 3.20. The average molecular weight is 253 g/mol. The summed E-state index contributed by atoms with van der Waals surface area (Å²) in [7, 11) is 0. The van der Waals surface area contributed by atoms with E-state index in [2.05, 4.69) is 10.6 Å². The fourth-order valence-electron chi connectivity index (χ4n) is 2.12. The second-order valence-corrected chi connectivity index (χ2v) is 4.90. The largest absolute Gasteiger partial charge is 0.350 e. The van der Waals surface area contributed by atoms with Crippen molar-refractivity contribution in [3.8, 4) is 0 Å². The maximum absolute atomic E-state index is 12.0. The Bertz CT molecular complexity index is 414. The molecule has 0 aliphatic carbocycles. The zero-order chi connectivity index (χ0) is 12.3. The molecule has 1 aromatic carbocycles. The number of aryl methyl sites for hydroxylation is 1. The van der Waals surface area contributed by atoms with Crippen molar-refractivity contribution < 1.29 is 4.79 Å². The molecule has 1 aromatic rings. The van der Waals surface area contributed by atoms with E-state index >= 15 is 0 Å². The van der Waals surface area contributed by atoms with Gasteiger partial charge in [-0.15, -0.1) is 0 Å². The summed E-state index contributed by atoms with van der Waals surface area (Å²) in [5.41, 5.74) is 1.61. The van der Waals surface area contributed by atoms with Crippen LogP contribution in [0.3, 0.4) is 0 Å². The summed E-state index contributed by atoms with van der Waals surface area (Å²) in [6.07, 6.45) is 2.33. The van der Waals surface area contributed by atoms with Crippen LogP contribution in [0.1, 0.15) is 28.8 Å². The van der Waals surface area contributed by atoms with Gasteiger partial charge < -0.3 is 10.6 Å². The van der Waals surface area contributed by atoms with Crippen molar-refractivity contribution >= 4 is 17.5 Å². The molecule has 2 rings (SSSR count). The number of rotatable bonds is 3. The minimum atomic E-state index is -0.0205. The van der Waals surface area contributed by atoms with Crippen LogP contribution in [-0.4, -0.2) is 25.0 Å². The lowest BCUT2D eigenvalue weighted by Gasteiger charge is -2.12. The first-order valence-corrected chi connectivity index (χ1v) is 6.32. The van der Waals surface area contributed by atoms with Crippen molar-refractivity contribution in [1.29, 1.82) is 0 Å². The number of carbonyl (C=O) groups excluding carboxylic acids is 1. The highest BCUT2D eigenvalue weighted by Crippen LogP contribution is 2.15. The van der Waals surface area contributed by atoms with Gasteiger partial charge in [-0.05, 0) is 50.1 Å². The summed E-state index contributed by atoms with van der Waals surface area (Å²) < 4.78 is 0. The summed E-state index contributed by atoms with van der Waals surface area (Å²) in [5, 5.41) is 6.97. The van der Waals surface area contributed by atoms with Crippen LogP contribution in [0.5, 0.6) is 0 Å². The molecule has 0 aromatic heterocycles. The first-order valence-electron chi connectivity index (χ1n) is 5.94. The van der Waals surface area contributed by atoms with Gasteiger partial charge in [-0.3, -0.25) is 4.79 Å². The molecule has 1 fully saturated rings. The average Bonchev–Trinajstić information content (AvgIpc) is 2.78. The van der Waals surface area contributed by atoms with Gasteiger partial charge in [0.15, 0.2) is 0 Å². The number of amides is 1. The molecule has 0 radical (unpaired) electrons. The third-order valence-electron chi connectivity index (χ3n) is 3.10. The summed E-state index contributed by atoms with van der Waals surface area (Å²) >= 11 is 5.86. The normalized spacial score (nSPS) is 19.3. The van der Waals surface area contributed by atoms with E-state index in [4.69, 9.17) is 11.6 Å². The quantitative estimate of drug-likeness (QED) is 0.865. The van der Waals surface area contributed by atoms with Crippen LogP contribution in [-0.2, 0) is 0 Å². The molecule has 3 nitrogen and oxygen atoms in total. The molecule has 0 bridgehead atoms. The fraction of sp³-hybridized carbons (Fsp3) is 0.462. The van der Waals surface area contributed by atoms with E-state index in [1.54, 1.807) is 12.1 Å². The monoisotopic (exact) mass is 252 g/mol. The first kappa shape index (κ1) is 12.4. The molecule has 1 unspecified atom stereocenters. The highest BCUT2D eigenvalue weighted by atomic mass is 35.5. The number of carbonyl (C=O) groups is 1. The minimum Gasteiger partial charge on any atom is -0.350 e. The molecule has 1 aliphatic heterocycles. The Morgan fingerprint density at radius 1 is 1.59 bits per heavy atom. The Kier molecular flexibility index (Phi) is 4.02. The Balaban J connectivity index is 1.94. The highest BCUT2D eigenvalue weighted by molar-refractivity contribution is 6.30. The van der Waals surface area contributed by atoms with Crippen molar-refractivity contribution in [2.45, 2.75) is 25.8 Å². The molecule has 92 valence electrons. The van der Waals surface area contributed by atoms with Gasteiger partial charge in [0.2, 0.25) is 0 Å². The van der Waals surface area contributed by atoms with E-state index in [9.17, 15) is 4.79 Å². The van der Waals surface area contributed by atoms with E-state index in [0.29, 0.717) is 23.2 Å². The van der Waals surface area contributed by atoms with Gasteiger partial charge in [0.05, 0.1) is 0 Å². The lowest BCUT2D eigenvalue weighted by atomic mass is 10.1. The predicted molar refractivity (Wildman–Crippen MR) is 69.5 cm³/mol. The topological polar surface area (TPSA) is 41.1 Å². The molecule has 2 N–H and O–H groups in total. The molecule has 1 heterocycles. The van der Waals surface area contributed by atoms with Crippen LogP contribution in [0.4, 0.5) is 0 Å². The Labute approximate surface area is 107 Å². The Morgan fingerprint density at radius 3 is 3.06 bits per heavy atom. The van der Waals surface area contributed by atoms with Crippen LogP contribution < -0.4 is 10.6 Å². The van der Waals surface area contributed by atoms with Crippen LogP contribution >= 0.6 is 11.6 Å². The van der Waals surface area contributed by atoms with Crippen molar-refractivity contribution in [1.82, 2.24) is 10.6 Å². The van der Waals surface area contributed by atoms with E-state index in [0.717, 1.165) is 18.5 Å². The molecular weight excluding hydrogens is 236 g/mol. The SMILES string of the molecule is Cc1cc(Cl)ccc1C(=O)NCC1CCCN1. The van der Waals surface area contributed by atoms with Gasteiger partial charge in [0, 0.05) is 23.2 Å². The van der Waals surface area contributed by atoms with Crippen LogP contribution in [0, 0.1) is 6.92 Å².